The zero-order valence-electron chi connectivity index (χ0n) is 10.5. The average molecular weight is 253 g/mol. The molecule has 0 saturated carbocycles. The number of nitrogens with zero attached hydrogens (tertiary/aromatic N) is 2. The van der Waals surface area contributed by atoms with E-state index in [1.807, 2.05) is 41.3 Å². The maximum absolute atomic E-state index is 12.0. The van der Waals surface area contributed by atoms with E-state index in [4.69, 9.17) is 0 Å². The monoisotopic (exact) mass is 253 g/mol. The number of rotatable bonds is 3. The maximum atomic E-state index is 12.0. The minimum absolute atomic E-state index is 0.159. The SMILES string of the molecule is C=CC1CC(=O)N(c2cccc(-c3ccn[nH]3)c2)C1. The summed E-state index contributed by atoms with van der Waals surface area (Å²) in [6, 6.07) is 9.85. The molecule has 1 unspecified atom stereocenters. The van der Waals surface area contributed by atoms with Gasteiger partial charge in [-0.25, -0.2) is 0 Å². The Bertz CT molecular complexity index is 604. The van der Waals surface area contributed by atoms with Gasteiger partial charge in [-0.15, -0.1) is 6.58 Å². The fraction of sp³-hybridized carbons (Fsp3) is 0.200. The minimum Gasteiger partial charge on any atom is -0.312 e. The zero-order valence-corrected chi connectivity index (χ0v) is 10.5. The standard InChI is InChI=1S/C15H15N3O/c1-2-11-8-15(19)18(10-11)13-5-3-4-12(9-13)14-6-7-16-17-14/h2-7,9,11H,1,8,10H2,(H,16,17). The number of carbonyl (C=O) groups is 1. The average Bonchev–Trinajstić information content (AvgIpc) is 3.08. The molecule has 1 aromatic carbocycles. The van der Waals surface area contributed by atoms with E-state index in [0.29, 0.717) is 6.42 Å². The highest BCUT2D eigenvalue weighted by Gasteiger charge is 2.28. The number of H-pyrrole nitrogens is 1. The maximum Gasteiger partial charge on any atom is 0.227 e. The second kappa shape index (κ2) is 4.72. The Morgan fingerprint density at radius 1 is 1.42 bits per heavy atom. The fourth-order valence-electron chi connectivity index (χ4n) is 2.40. The molecular weight excluding hydrogens is 238 g/mol. The molecule has 2 heterocycles. The van der Waals surface area contributed by atoms with Crippen molar-refractivity contribution in [1.29, 1.82) is 0 Å². The van der Waals surface area contributed by atoms with Crippen LogP contribution in [-0.2, 0) is 4.79 Å². The van der Waals surface area contributed by atoms with Crippen LogP contribution in [0.2, 0.25) is 0 Å². The second-order valence-electron chi connectivity index (χ2n) is 4.72. The number of nitrogens with one attached hydrogen (secondary N) is 1. The van der Waals surface area contributed by atoms with Gasteiger partial charge >= 0.3 is 0 Å². The quantitative estimate of drug-likeness (QED) is 0.855. The molecule has 1 atom stereocenters. The molecule has 1 aliphatic heterocycles. The van der Waals surface area contributed by atoms with E-state index < -0.39 is 0 Å². The first-order chi connectivity index (χ1) is 9.28. The number of hydrogen-bond donors (Lipinski definition) is 1. The molecule has 0 bridgehead atoms. The number of hydrogen-bond acceptors (Lipinski definition) is 2. The summed E-state index contributed by atoms with van der Waals surface area (Å²) in [4.78, 5) is 13.8. The molecule has 1 amide bonds. The summed E-state index contributed by atoms with van der Waals surface area (Å²) < 4.78 is 0. The van der Waals surface area contributed by atoms with Gasteiger partial charge < -0.3 is 4.90 Å². The van der Waals surface area contributed by atoms with Gasteiger partial charge in [-0.3, -0.25) is 9.89 Å². The minimum atomic E-state index is 0.159. The van der Waals surface area contributed by atoms with Gasteiger partial charge in [0.05, 0.1) is 5.69 Å². The van der Waals surface area contributed by atoms with Gasteiger partial charge in [-0.1, -0.05) is 18.2 Å². The lowest BCUT2D eigenvalue weighted by atomic mass is 10.1. The van der Waals surface area contributed by atoms with Crippen LogP contribution in [0, 0.1) is 5.92 Å². The molecular formula is C15H15N3O. The van der Waals surface area contributed by atoms with Crippen molar-refractivity contribution >= 4 is 11.6 Å². The van der Waals surface area contributed by atoms with Crippen LogP contribution in [0.5, 0.6) is 0 Å². The first-order valence-electron chi connectivity index (χ1n) is 6.30. The van der Waals surface area contributed by atoms with Crippen molar-refractivity contribution < 1.29 is 4.79 Å². The number of amides is 1. The van der Waals surface area contributed by atoms with Gasteiger partial charge in [0.2, 0.25) is 5.91 Å². The smallest absolute Gasteiger partial charge is 0.227 e. The van der Waals surface area contributed by atoms with Crippen molar-refractivity contribution in [2.24, 2.45) is 5.92 Å². The summed E-state index contributed by atoms with van der Waals surface area (Å²) in [5, 5.41) is 6.88. The van der Waals surface area contributed by atoms with Crippen molar-refractivity contribution in [1.82, 2.24) is 10.2 Å². The van der Waals surface area contributed by atoms with Crippen LogP contribution in [0.4, 0.5) is 5.69 Å². The van der Waals surface area contributed by atoms with E-state index in [-0.39, 0.29) is 11.8 Å². The highest BCUT2D eigenvalue weighted by molar-refractivity contribution is 5.96. The summed E-state index contributed by atoms with van der Waals surface area (Å²) in [6.07, 6.45) is 4.13. The first-order valence-corrected chi connectivity index (χ1v) is 6.30. The lowest BCUT2D eigenvalue weighted by Crippen LogP contribution is -2.24. The van der Waals surface area contributed by atoms with Crippen LogP contribution in [0.25, 0.3) is 11.3 Å². The molecule has 4 nitrogen and oxygen atoms in total. The lowest BCUT2D eigenvalue weighted by Gasteiger charge is -2.17. The topological polar surface area (TPSA) is 49.0 Å². The van der Waals surface area contributed by atoms with E-state index in [0.717, 1.165) is 23.5 Å². The van der Waals surface area contributed by atoms with Gasteiger partial charge in [0, 0.05) is 36.3 Å². The molecule has 1 aliphatic rings. The van der Waals surface area contributed by atoms with Crippen LogP contribution < -0.4 is 4.90 Å². The van der Waals surface area contributed by atoms with Crippen LogP contribution in [0.15, 0.2) is 49.2 Å². The highest BCUT2D eigenvalue weighted by atomic mass is 16.2. The van der Waals surface area contributed by atoms with Crippen molar-refractivity contribution in [3.63, 3.8) is 0 Å². The molecule has 4 heteroatoms. The normalized spacial score (nSPS) is 18.8. The van der Waals surface area contributed by atoms with Gasteiger partial charge in [-0.05, 0) is 18.2 Å². The predicted octanol–water partition coefficient (Wildman–Crippen LogP) is 2.62. The van der Waals surface area contributed by atoms with Gasteiger partial charge in [-0.2, -0.15) is 5.10 Å². The van der Waals surface area contributed by atoms with Gasteiger partial charge in [0.1, 0.15) is 0 Å². The first kappa shape index (κ1) is 11.7. The van der Waals surface area contributed by atoms with Crippen LogP contribution in [0.3, 0.4) is 0 Å². The largest absolute Gasteiger partial charge is 0.312 e. The molecule has 19 heavy (non-hydrogen) atoms. The molecule has 1 saturated heterocycles. The van der Waals surface area contributed by atoms with Crippen molar-refractivity contribution in [3.05, 3.63) is 49.2 Å². The third kappa shape index (κ3) is 2.17. The lowest BCUT2D eigenvalue weighted by molar-refractivity contribution is -0.117. The Kier molecular flexibility index (Phi) is 2.91. The molecule has 0 aliphatic carbocycles. The van der Waals surface area contributed by atoms with E-state index in [1.54, 1.807) is 6.20 Å². The Balaban J connectivity index is 1.92. The van der Waals surface area contributed by atoms with Crippen molar-refractivity contribution in [2.75, 3.05) is 11.4 Å². The molecule has 1 aromatic heterocycles. The van der Waals surface area contributed by atoms with E-state index in [9.17, 15) is 4.79 Å². The van der Waals surface area contributed by atoms with E-state index in [2.05, 4.69) is 16.8 Å². The van der Waals surface area contributed by atoms with Crippen molar-refractivity contribution in [2.45, 2.75) is 6.42 Å². The fourth-order valence-corrected chi connectivity index (χ4v) is 2.40. The van der Waals surface area contributed by atoms with Gasteiger partial charge in [0.25, 0.3) is 0 Å². The molecule has 0 radical (unpaired) electrons. The number of aromatic nitrogens is 2. The molecule has 1 N–H and O–H groups in total. The summed E-state index contributed by atoms with van der Waals surface area (Å²) >= 11 is 0. The Morgan fingerprint density at radius 3 is 3.00 bits per heavy atom. The molecule has 1 fully saturated rings. The number of benzene rings is 1. The predicted molar refractivity (Wildman–Crippen MR) is 74.7 cm³/mol. The third-order valence-corrected chi connectivity index (χ3v) is 3.46. The van der Waals surface area contributed by atoms with Crippen LogP contribution in [0.1, 0.15) is 6.42 Å². The number of aromatic amines is 1. The Morgan fingerprint density at radius 2 is 2.32 bits per heavy atom. The summed E-state index contributed by atoms with van der Waals surface area (Å²) in [5.74, 6) is 0.412. The number of carbonyl (C=O) groups excluding carboxylic acids is 1. The molecule has 3 rings (SSSR count). The summed E-state index contributed by atoms with van der Waals surface area (Å²) in [7, 11) is 0. The Labute approximate surface area is 111 Å². The zero-order chi connectivity index (χ0) is 13.2. The van der Waals surface area contributed by atoms with Crippen molar-refractivity contribution in [3.8, 4) is 11.3 Å². The highest BCUT2D eigenvalue weighted by Crippen LogP contribution is 2.28. The molecule has 96 valence electrons. The van der Waals surface area contributed by atoms with E-state index >= 15 is 0 Å². The van der Waals surface area contributed by atoms with E-state index in [1.165, 1.54) is 0 Å². The van der Waals surface area contributed by atoms with Gasteiger partial charge in [0.15, 0.2) is 0 Å². The second-order valence-corrected chi connectivity index (χ2v) is 4.72. The Hall–Kier alpha value is -2.36. The van der Waals surface area contributed by atoms with Crippen LogP contribution in [-0.4, -0.2) is 22.6 Å². The molecule has 2 aromatic rings. The third-order valence-electron chi connectivity index (χ3n) is 3.46. The molecule has 0 spiro atoms. The summed E-state index contributed by atoms with van der Waals surface area (Å²) in [5.41, 5.74) is 2.92. The number of anilines is 1. The summed E-state index contributed by atoms with van der Waals surface area (Å²) in [6.45, 7) is 4.49. The van der Waals surface area contributed by atoms with Crippen LogP contribution >= 0.6 is 0 Å².